The minimum Gasteiger partial charge on any atom is -0.326 e. The summed E-state index contributed by atoms with van der Waals surface area (Å²) in [5.74, 6) is -1.30. The van der Waals surface area contributed by atoms with Crippen LogP contribution in [0.4, 0.5) is 17.1 Å². The van der Waals surface area contributed by atoms with Crippen molar-refractivity contribution in [1.29, 1.82) is 0 Å². The summed E-state index contributed by atoms with van der Waals surface area (Å²) >= 11 is 0. The van der Waals surface area contributed by atoms with E-state index in [1.165, 1.54) is 11.8 Å². The molecule has 8 heteroatoms. The van der Waals surface area contributed by atoms with Gasteiger partial charge in [0.1, 0.15) is 0 Å². The number of fused-ring (bicyclic) bond motifs is 3. The van der Waals surface area contributed by atoms with E-state index in [1.807, 2.05) is 0 Å². The fourth-order valence-electron chi connectivity index (χ4n) is 3.64. The lowest BCUT2D eigenvalue weighted by molar-refractivity contribution is -0.124. The van der Waals surface area contributed by atoms with Crippen LogP contribution < -0.4 is 20.9 Å². The van der Waals surface area contributed by atoms with Crippen LogP contribution in [-0.4, -0.2) is 29.3 Å². The van der Waals surface area contributed by atoms with Gasteiger partial charge in [0.05, 0.1) is 11.3 Å². The maximum atomic E-state index is 13.1. The Bertz CT molecular complexity index is 1000. The molecule has 2 aromatic rings. The van der Waals surface area contributed by atoms with Gasteiger partial charge in [-0.05, 0) is 36.4 Å². The average molecular weight is 378 g/mol. The third kappa shape index (κ3) is 2.79. The molecule has 8 nitrogen and oxygen atoms in total. The molecular formula is C20H18N4O4. The summed E-state index contributed by atoms with van der Waals surface area (Å²) in [5.41, 5.74) is 0.423. The van der Waals surface area contributed by atoms with Crippen molar-refractivity contribution in [1.82, 2.24) is 5.32 Å². The highest BCUT2D eigenvalue weighted by Crippen LogP contribution is 2.39. The second kappa shape index (κ2) is 6.49. The molecule has 2 aliphatic heterocycles. The molecule has 4 amide bonds. The molecule has 0 unspecified atom stereocenters. The average Bonchev–Trinajstić information content (AvgIpc) is 3.01. The first-order chi connectivity index (χ1) is 13.4. The van der Waals surface area contributed by atoms with Gasteiger partial charge >= 0.3 is 0 Å². The number of benzene rings is 2. The second-order valence-corrected chi connectivity index (χ2v) is 6.77. The Morgan fingerprint density at radius 3 is 2.32 bits per heavy atom. The van der Waals surface area contributed by atoms with Crippen molar-refractivity contribution in [2.24, 2.45) is 0 Å². The second-order valence-electron chi connectivity index (χ2n) is 6.77. The number of carbonyl (C=O) groups is 4. The number of nitrogens with one attached hydrogen (secondary N) is 3. The van der Waals surface area contributed by atoms with Crippen molar-refractivity contribution >= 4 is 40.7 Å². The summed E-state index contributed by atoms with van der Waals surface area (Å²) in [6.45, 7) is 1.41. The van der Waals surface area contributed by atoms with E-state index >= 15 is 0 Å². The highest BCUT2D eigenvalue weighted by atomic mass is 16.2. The molecule has 0 bridgehead atoms. The van der Waals surface area contributed by atoms with Crippen molar-refractivity contribution in [2.75, 3.05) is 15.5 Å². The van der Waals surface area contributed by atoms with E-state index in [0.29, 0.717) is 22.6 Å². The highest BCUT2D eigenvalue weighted by Gasteiger charge is 2.56. The summed E-state index contributed by atoms with van der Waals surface area (Å²) in [6, 6.07) is 13.3. The van der Waals surface area contributed by atoms with E-state index < -0.39 is 17.5 Å². The van der Waals surface area contributed by atoms with Crippen LogP contribution in [0.1, 0.15) is 30.1 Å². The molecule has 0 saturated carbocycles. The lowest BCUT2D eigenvalue weighted by Gasteiger charge is -2.41. The molecule has 1 atom stereocenters. The van der Waals surface area contributed by atoms with E-state index in [0.717, 1.165) is 0 Å². The first kappa shape index (κ1) is 17.7. The standard InChI is InChI=1S/C20H18N4O4/c1-12(25)21-13-6-8-14(9-7-13)22-19(28)20-11-10-17(26)24(20)16-5-3-2-4-15(16)18(27)23-20/h2-9H,10-11H2,1H3,(H,21,25)(H,22,28)(H,23,27)/t20-/m0/s1. The Hall–Kier alpha value is -3.68. The fraction of sp³-hybridized carbons (Fsp3) is 0.200. The quantitative estimate of drug-likeness (QED) is 0.757. The van der Waals surface area contributed by atoms with Gasteiger partial charge in [-0.1, -0.05) is 12.1 Å². The van der Waals surface area contributed by atoms with Gasteiger partial charge < -0.3 is 16.0 Å². The molecule has 0 aromatic heterocycles. The van der Waals surface area contributed by atoms with E-state index in [-0.39, 0.29) is 24.7 Å². The zero-order chi connectivity index (χ0) is 19.9. The number of hydrogen-bond acceptors (Lipinski definition) is 4. The van der Waals surface area contributed by atoms with Gasteiger partial charge in [0.25, 0.3) is 11.8 Å². The molecule has 0 radical (unpaired) electrons. The van der Waals surface area contributed by atoms with Crippen LogP contribution in [0.2, 0.25) is 0 Å². The van der Waals surface area contributed by atoms with Gasteiger partial charge in [-0.25, -0.2) is 0 Å². The highest BCUT2D eigenvalue weighted by molar-refractivity contribution is 6.18. The van der Waals surface area contributed by atoms with Crippen LogP contribution in [0.5, 0.6) is 0 Å². The van der Waals surface area contributed by atoms with Gasteiger partial charge in [0, 0.05) is 31.1 Å². The summed E-state index contributed by atoms with van der Waals surface area (Å²) in [5, 5.41) is 8.14. The minimum absolute atomic E-state index is 0.156. The molecule has 4 rings (SSSR count). The third-order valence-corrected chi connectivity index (χ3v) is 4.88. The van der Waals surface area contributed by atoms with Crippen LogP contribution in [0.3, 0.4) is 0 Å². The number of carbonyl (C=O) groups excluding carboxylic acids is 4. The van der Waals surface area contributed by atoms with Gasteiger partial charge in [0.2, 0.25) is 17.5 Å². The van der Waals surface area contributed by atoms with Crippen LogP contribution in [0.25, 0.3) is 0 Å². The van der Waals surface area contributed by atoms with Crippen LogP contribution >= 0.6 is 0 Å². The van der Waals surface area contributed by atoms with E-state index in [2.05, 4.69) is 16.0 Å². The lowest BCUT2D eigenvalue weighted by atomic mass is 9.98. The minimum atomic E-state index is -1.46. The van der Waals surface area contributed by atoms with E-state index in [9.17, 15) is 19.2 Å². The maximum Gasteiger partial charge on any atom is 0.271 e. The van der Waals surface area contributed by atoms with Crippen molar-refractivity contribution in [3.05, 3.63) is 54.1 Å². The first-order valence-corrected chi connectivity index (χ1v) is 8.84. The normalized spacial score (nSPS) is 20.1. The molecule has 28 heavy (non-hydrogen) atoms. The molecule has 142 valence electrons. The Morgan fingerprint density at radius 2 is 1.64 bits per heavy atom. The number of amides is 4. The Morgan fingerprint density at radius 1 is 1.00 bits per heavy atom. The molecule has 1 saturated heterocycles. The molecule has 2 heterocycles. The van der Waals surface area contributed by atoms with Crippen molar-refractivity contribution < 1.29 is 19.2 Å². The third-order valence-electron chi connectivity index (χ3n) is 4.88. The van der Waals surface area contributed by atoms with Gasteiger partial charge in [0.15, 0.2) is 0 Å². The van der Waals surface area contributed by atoms with E-state index in [1.54, 1.807) is 48.5 Å². The summed E-state index contributed by atoms with van der Waals surface area (Å²) in [7, 11) is 0. The topological polar surface area (TPSA) is 108 Å². The lowest BCUT2D eigenvalue weighted by Crippen LogP contribution is -2.68. The molecule has 0 aliphatic carbocycles. The summed E-state index contributed by atoms with van der Waals surface area (Å²) < 4.78 is 0. The first-order valence-electron chi connectivity index (χ1n) is 8.84. The smallest absolute Gasteiger partial charge is 0.271 e. The number of rotatable bonds is 3. The molecule has 3 N–H and O–H groups in total. The van der Waals surface area contributed by atoms with Crippen molar-refractivity contribution in [3.63, 3.8) is 0 Å². The zero-order valence-electron chi connectivity index (χ0n) is 15.1. The fourth-order valence-corrected chi connectivity index (χ4v) is 3.64. The summed E-state index contributed by atoms with van der Waals surface area (Å²) in [4.78, 5) is 50.8. The SMILES string of the molecule is CC(=O)Nc1ccc(NC(=O)[C@]23CCC(=O)N2c2ccccc2C(=O)N3)cc1. The predicted octanol–water partition coefficient (Wildman–Crippen LogP) is 1.85. The molecule has 0 spiro atoms. The Balaban J connectivity index is 1.64. The van der Waals surface area contributed by atoms with Crippen LogP contribution in [0, 0.1) is 0 Å². The van der Waals surface area contributed by atoms with Gasteiger partial charge in [-0.2, -0.15) is 0 Å². The van der Waals surface area contributed by atoms with Crippen molar-refractivity contribution in [3.8, 4) is 0 Å². The molecule has 2 aliphatic rings. The van der Waals surface area contributed by atoms with Crippen LogP contribution in [-0.2, 0) is 14.4 Å². The number of para-hydroxylation sites is 1. The number of hydrogen-bond donors (Lipinski definition) is 3. The van der Waals surface area contributed by atoms with Crippen molar-refractivity contribution in [2.45, 2.75) is 25.4 Å². The maximum absolute atomic E-state index is 13.1. The monoisotopic (exact) mass is 378 g/mol. The molecule has 1 fully saturated rings. The Labute approximate surface area is 160 Å². The summed E-state index contributed by atoms with van der Waals surface area (Å²) in [6.07, 6.45) is 0.339. The number of anilines is 3. The number of nitrogens with zero attached hydrogens (tertiary/aromatic N) is 1. The predicted molar refractivity (Wildman–Crippen MR) is 103 cm³/mol. The Kier molecular flexibility index (Phi) is 4.11. The van der Waals surface area contributed by atoms with E-state index in [4.69, 9.17) is 0 Å². The zero-order valence-corrected chi connectivity index (χ0v) is 15.1. The largest absolute Gasteiger partial charge is 0.326 e. The van der Waals surface area contributed by atoms with Gasteiger partial charge in [-0.15, -0.1) is 0 Å². The molecular weight excluding hydrogens is 360 g/mol. The van der Waals surface area contributed by atoms with Gasteiger partial charge in [-0.3, -0.25) is 24.1 Å². The van der Waals surface area contributed by atoms with Crippen LogP contribution in [0.15, 0.2) is 48.5 Å². The molecule has 2 aromatic carbocycles.